The van der Waals surface area contributed by atoms with Gasteiger partial charge < -0.3 is 9.64 Å². The van der Waals surface area contributed by atoms with Crippen LogP contribution in [0.15, 0.2) is 48.0 Å². The number of sulfonamides is 1. The van der Waals surface area contributed by atoms with E-state index < -0.39 is 10.0 Å². The number of aromatic nitrogens is 2. The highest BCUT2D eigenvalue weighted by atomic mass is 32.2. The Morgan fingerprint density at radius 2 is 1.86 bits per heavy atom. The van der Waals surface area contributed by atoms with Crippen molar-refractivity contribution >= 4 is 27.9 Å². The molecule has 1 aromatic carbocycles. The summed E-state index contributed by atoms with van der Waals surface area (Å²) in [6.07, 6.45) is 3.71. The van der Waals surface area contributed by atoms with E-state index in [-0.39, 0.29) is 12.6 Å². The van der Waals surface area contributed by atoms with Gasteiger partial charge in [-0.1, -0.05) is 30.3 Å². The van der Waals surface area contributed by atoms with Gasteiger partial charge in [0.05, 0.1) is 6.61 Å². The van der Waals surface area contributed by atoms with Gasteiger partial charge >= 0.3 is 5.97 Å². The van der Waals surface area contributed by atoms with Gasteiger partial charge in [0.15, 0.2) is 0 Å². The van der Waals surface area contributed by atoms with Crippen molar-refractivity contribution in [2.45, 2.75) is 13.3 Å². The molecular weight excluding hydrogens is 392 g/mol. The van der Waals surface area contributed by atoms with Crippen LogP contribution >= 0.6 is 0 Å². The fourth-order valence-electron chi connectivity index (χ4n) is 2.96. The van der Waals surface area contributed by atoms with Crippen LogP contribution in [-0.2, 0) is 26.0 Å². The molecule has 2 aromatic rings. The molecule has 0 spiro atoms. The van der Waals surface area contributed by atoms with Crippen molar-refractivity contribution in [1.82, 2.24) is 14.3 Å². The largest absolute Gasteiger partial charge is 0.465 e. The molecule has 1 fully saturated rings. The van der Waals surface area contributed by atoms with Crippen LogP contribution in [0.4, 0.5) is 5.82 Å². The second-order valence-electron chi connectivity index (χ2n) is 6.57. The summed E-state index contributed by atoms with van der Waals surface area (Å²) < 4.78 is 31.6. The van der Waals surface area contributed by atoms with E-state index in [1.165, 1.54) is 16.6 Å². The first-order chi connectivity index (χ1) is 13.9. The lowest BCUT2D eigenvalue weighted by atomic mass is 10.2. The Hall–Kier alpha value is -2.78. The minimum atomic E-state index is -3.47. The number of esters is 1. The maximum absolute atomic E-state index is 12.6. The highest BCUT2D eigenvalue weighted by molar-refractivity contribution is 7.92. The molecule has 1 aromatic heterocycles. The minimum Gasteiger partial charge on any atom is -0.465 e. The summed E-state index contributed by atoms with van der Waals surface area (Å²) in [6.45, 7) is 3.44. The standard InChI is InChI=1S/C20H24N4O4S/c1-17(25)28-15-8-19-21-10-7-20(22-19)23-11-13-24(14-12-23)29(26,27)16-9-18-5-3-2-4-6-18/h2-7,9-10,16H,8,11-15H2,1H3/b16-9+. The van der Waals surface area contributed by atoms with Crippen LogP contribution in [0, 0.1) is 0 Å². The molecule has 1 aliphatic rings. The van der Waals surface area contributed by atoms with E-state index in [4.69, 9.17) is 4.74 Å². The van der Waals surface area contributed by atoms with Gasteiger partial charge in [0.1, 0.15) is 11.6 Å². The molecule has 0 amide bonds. The maximum Gasteiger partial charge on any atom is 0.302 e. The second kappa shape index (κ2) is 9.62. The van der Waals surface area contributed by atoms with Crippen molar-refractivity contribution < 1.29 is 17.9 Å². The molecule has 0 aliphatic carbocycles. The maximum atomic E-state index is 12.6. The van der Waals surface area contributed by atoms with E-state index in [2.05, 4.69) is 9.97 Å². The molecule has 1 saturated heterocycles. The van der Waals surface area contributed by atoms with E-state index in [0.29, 0.717) is 38.4 Å². The lowest BCUT2D eigenvalue weighted by Crippen LogP contribution is -2.48. The van der Waals surface area contributed by atoms with E-state index in [9.17, 15) is 13.2 Å². The van der Waals surface area contributed by atoms with Crippen LogP contribution in [-0.4, -0.2) is 61.4 Å². The Balaban J connectivity index is 1.57. The number of carbonyl (C=O) groups is 1. The van der Waals surface area contributed by atoms with Gasteiger partial charge in [-0.25, -0.2) is 18.4 Å². The molecule has 9 heteroatoms. The fraction of sp³-hybridized carbons (Fsp3) is 0.350. The summed E-state index contributed by atoms with van der Waals surface area (Å²) >= 11 is 0. The molecule has 0 radical (unpaired) electrons. The summed E-state index contributed by atoms with van der Waals surface area (Å²) in [4.78, 5) is 21.6. The molecule has 29 heavy (non-hydrogen) atoms. The number of rotatable bonds is 7. The Bertz CT molecular complexity index is 955. The molecule has 3 rings (SSSR count). The molecule has 0 N–H and O–H groups in total. The van der Waals surface area contributed by atoms with Crippen LogP contribution in [0.3, 0.4) is 0 Å². The van der Waals surface area contributed by atoms with Gasteiger partial charge in [-0.3, -0.25) is 4.79 Å². The number of hydrogen-bond donors (Lipinski definition) is 0. The third-order valence-corrected chi connectivity index (χ3v) is 6.04. The van der Waals surface area contributed by atoms with Gasteiger partial charge in [0, 0.05) is 51.1 Å². The average Bonchev–Trinajstić information content (AvgIpc) is 2.73. The first kappa shape index (κ1) is 20.9. The third kappa shape index (κ3) is 6.10. The van der Waals surface area contributed by atoms with Crippen molar-refractivity contribution in [3.63, 3.8) is 0 Å². The molecule has 8 nitrogen and oxygen atoms in total. The van der Waals surface area contributed by atoms with Crippen molar-refractivity contribution in [2.75, 3.05) is 37.7 Å². The highest BCUT2D eigenvalue weighted by Gasteiger charge is 2.25. The zero-order valence-corrected chi connectivity index (χ0v) is 17.1. The van der Waals surface area contributed by atoms with Gasteiger partial charge in [-0.15, -0.1) is 0 Å². The first-order valence-electron chi connectivity index (χ1n) is 9.37. The van der Waals surface area contributed by atoms with E-state index in [0.717, 1.165) is 11.4 Å². The SMILES string of the molecule is CC(=O)OCCc1nccc(N2CCN(S(=O)(=O)/C=C/c3ccccc3)CC2)n1. The number of anilines is 1. The Kier molecular flexibility index (Phi) is 6.95. The molecule has 1 aliphatic heterocycles. The third-order valence-electron chi connectivity index (χ3n) is 4.48. The summed E-state index contributed by atoms with van der Waals surface area (Å²) in [5.74, 6) is 0.999. The van der Waals surface area contributed by atoms with Gasteiger partial charge in [0.2, 0.25) is 10.0 Å². The predicted octanol–water partition coefficient (Wildman–Crippen LogP) is 1.70. The lowest BCUT2D eigenvalue weighted by Gasteiger charge is -2.34. The molecular formula is C20H24N4O4S. The second-order valence-corrected chi connectivity index (χ2v) is 8.38. The number of piperazine rings is 1. The Labute approximate surface area is 170 Å². The van der Waals surface area contributed by atoms with E-state index in [1.54, 1.807) is 18.3 Å². The number of benzene rings is 1. The summed E-state index contributed by atoms with van der Waals surface area (Å²) in [7, 11) is -3.47. The number of hydrogen-bond acceptors (Lipinski definition) is 7. The van der Waals surface area contributed by atoms with Gasteiger partial charge in [-0.05, 0) is 17.7 Å². The van der Waals surface area contributed by atoms with E-state index in [1.807, 2.05) is 35.2 Å². The number of ether oxygens (including phenoxy) is 1. The fourth-order valence-corrected chi connectivity index (χ4v) is 4.13. The molecule has 0 unspecified atom stereocenters. The summed E-state index contributed by atoms with van der Waals surface area (Å²) in [5, 5.41) is 1.26. The number of nitrogens with zero attached hydrogens (tertiary/aromatic N) is 4. The quantitative estimate of drug-likeness (QED) is 0.634. The smallest absolute Gasteiger partial charge is 0.302 e. The zero-order valence-electron chi connectivity index (χ0n) is 16.3. The summed E-state index contributed by atoms with van der Waals surface area (Å²) in [5.41, 5.74) is 0.844. The summed E-state index contributed by atoms with van der Waals surface area (Å²) in [6, 6.07) is 11.1. The van der Waals surface area contributed by atoms with Gasteiger partial charge in [-0.2, -0.15) is 4.31 Å². The predicted molar refractivity (Wildman–Crippen MR) is 111 cm³/mol. The van der Waals surface area contributed by atoms with Crippen LogP contribution < -0.4 is 4.90 Å². The Morgan fingerprint density at radius 1 is 1.14 bits per heavy atom. The molecule has 0 saturated carbocycles. The van der Waals surface area contributed by atoms with Crippen molar-refractivity contribution in [3.05, 3.63) is 59.4 Å². The van der Waals surface area contributed by atoms with Crippen molar-refractivity contribution in [3.8, 4) is 0 Å². The zero-order chi connectivity index (χ0) is 20.7. The van der Waals surface area contributed by atoms with Crippen molar-refractivity contribution in [2.24, 2.45) is 0 Å². The topological polar surface area (TPSA) is 92.7 Å². The van der Waals surface area contributed by atoms with Crippen LogP contribution in [0.1, 0.15) is 18.3 Å². The highest BCUT2D eigenvalue weighted by Crippen LogP contribution is 2.16. The molecule has 0 atom stereocenters. The Morgan fingerprint density at radius 3 is 2.55 bits per heavy atom. The van der Waals surface area contributed by atoms with Crippen LogP contribution in [0.2, 0.25) is 0 Å². The van der Waals surface area contributed by atoms with Crippen LogP contribution in [0.5, 0.6) is 0 Å². The van der Waals surface area contributed by atoms with Gasteiger partial charge in [0.25, 0.3) is 0 Å². The van der Waals surface area contributed by atoms with Crippen molar-refractivity contribution in [1.29, 1.82) is 0 Å². The molecule has 154 valence electrons. The normalized spacial score (nSPS) is 15.6. The molecule has 2 heterocycles. The monoisotopic (exact) mass is 416 g/mol. The molecule has 0 bridgehead atoms. The number of carbonyl (C=O) groups excluding carboxylic acids is 1. The van der Waals surface area contributed by atoms with Crippen LogP contribution in [0.25, 0.3) is 6.08 Å². The average molecular weight is 417 g/mol. The minimum absolute atomic E-state index is 0.235. The van der Waals surface area contributed by atoms with E-state index >= 15 is 0 Å². The lowest BCUT2D eigenvalue weighted by molar-refractivity contribution is -0.140. The first-order valence-corrected chi connectivity index (χ1v) is 10.9.